The van der Waals surface area contributed by atoms with Gasteiger partial charge >= 0.3 is 0 Å². The zero-order chi connectivity index (χ0) is 13.8. The molecule has 1 aromatic rings. The maximum atomic E-state index is 12.5. The van der Waals surface area contributed by atoms with Gasteiger partial charge in [-0.25, -0.2) is 0 Å². The van der Waals surface area contributed by atoms with E-state index in [0.717, 1.165) is 18.0 Å². The number of nitrogens with zero attached hydrogens (tertiary/aromatic N) is 2. The van der Waals surface area contributed by atoms with E-state index in [0.29, 0.717) is 13.0 Å². The summed E-state index contributed by atoms with van der Waals surface area (Å²) in [5, 5.41) is 9.08. The third-order valence-electron chi connectivity index (χ3n) is 3.53. The molecule has 0 aromatic heterocycles. The molecule has 1 unspecified atom stereocenters. The van der Waals surface area contributed by atoms with Crippen molar-refractivity contribution < 1.29 is 14.6 Å². The predicted molar refractivity (Wildman–Crippen MR) is 73.5 cm³/mol. The minimum atomic E-state index is -0.245. The van der Waals surface area contributed by atoms with Gasteiger partial charge in [-0.05, 0) is 25.6 Å². The number of methoxy groups -OCH3 is 1. The van der Waals surface area contributed by atoms with Gasteiger partial charge in [-0.3, -0.25) is 9.69 Å². The van der Waals surface area contributed by atoms with Crippen LogP contribution in [-0.4, -0.2) is 55.8 Å². The molecule has 1 aromatic carbocycles. The first-order valence-electron chi connectivity index (χ1n) is 6.44. The van der Waals surface area contributed by atoms with Crippen molar-refractivity contribution in [3.05, 3.63) is 24.3 Å². The molecule has 5 heteroatoms. The Morgan fingerprint density at radius 2 is 2.21 bits per heavy atom. The van der Waals surface area contributed by atoms with Crippen molar-refractivity contribution in [2.45, 2.75) is 12.5 Å². The lowest BCUT2D eigenvalue weighted by molar-refractivity contribution is -0.125. The highest BCUT2D eigenvalue weighted by Gasteiger charge is 2.32. The molecule has 1 aliphatic heterocycles. The lowest BCUT2D eigenvalue weighted by Crippen LogP contribution is -2.56. The van der Waals surface area contributed by atoms with Gasteiger partial charge in [0.1, 0.15) is 5.75 Å². The van der Waals surface area contributed by atoms with Gasteiger partial charge in [0.25, 0.3) is 0 Å². The standard InChI is InChI=1S/C14H20N2O3/c1-15-7-8-16(14(18)13(15)6-9-17)11-4-3-5-12(10-11)19-2/h3-5,10,13,17H,6-9H2,1-2H3. The first-order valence-corrected chi connectivity index (χ1v) is 6.44. The number of amides is 1. The van der Waals surface area contributed by atoms with E-state index in [4.69, 9.17) is 9.84 Å². The minimum Gasteiger partial charge on any atom is -0.497 e. The topological polar surface area (TPSA) is 53.0 Å². The molecule has 2 rings (SSSR count). The summed E-state index contributed by atoms with van der Waals surface area (Å²) < 4.78 is 5.19. The Morgan fingerprint density at radius 3 is 2.89 bits per heavy atom. The van der Waals surface area contributed by atoms with Gasteiger partial charge in [-0.15, -0.1) is 0 Å². The summed E-state index contributed by atoms with van der Waals surface area (Å²) in [6.07, 6.45) is 0.468. The van der Waals surface area contributed by atoms with E-state index in [1.165, 1.54) is 0 Å². The van der Waals surface area contributed by atoms with Crippen molar-refractivity contribution in [2.75, 3.05) is 38.8 Å². The third kappa shape index (κ3) is 2.88. The second-order valence-corrected chi connectivity index (χ2v) is 4.70. The van der Waals surface area contributed by atoms with Crippen LogP contribution in [0.3, 0.4) is 0 Å². The SMILES string of the molecule is COc1cccc(N2CCN(C)C(CCO)C2=O)c1. The molecule has 1 fully saturated rings. The number of carbonyl (C=O) groups excluding carboxylic acids is 1. The summed E-state index contributed by atoms with van der Waals surface area (Å²) in [6, 6.07) is 7.25. The minimum absolute atomic E-state index is 0.0205. The summed E-state index contributed by atoms with van der Waals surface area (Å²) in [4.78, 5) is 16.2. The lowest BCUT2D eigenvalue weighted by atomic mass is 10.1. The van der Waals surface area contributed by atoms with E-state index in [-0.39, 0.29) is 18.6 Å². The van der Waals surface area contributed by atoms with Crippen LogP contribution in [0.25, 0.3) is 0 Å². The molecule has 0 radical (unpaired) electrons. The smallest absolute Gasteiger partial charge is 0.244 e. The largest absolute Gasteiger partial charge is 0.497 e. The number of aliphatic hydroxyl groups is 1. The molecular formula is C14H20N2O3. The fraction of sp³-hybridized carbons (Fsp3) is 0.500. The fourth-order valence-electron chi connectivity index (χ4n) is 2.39. The average Bonchev–Trinajstić information content (AvgIpc) is 2.43. The summed E-state index contributed by atoms with van der Waals surface area (Å²) in [5.74, 6) is 0.777. The van der Waals surface area contributed by atoms with Crippen LogP contribution in [0.15, 0.2) is 24.3 Å². The number of ether oxygens (including phenoxy) is 1. The van der Waals surface area contributed by atoms with E-state index in [1.807, 2.05) is 36.2 Å². The van der Waals surface area contributed by atoms with Crippen LogP contribution in [0.2, 0.25) is 0 Å². The van der Waals surface area contributed by atoms with E-state index in [2.05, 4.69) is 0 Å². The first-order chi connectivity index (χ1) is 9.17. The van der Waals surface area contributed by atoms with Crippen molar-refractivity contribution >= 4 is 11.6 Å². The van der Waals surface area contributed by atoms with Crippen LogP contribution in [-0.2, 0) is 4.79 Å². The van der Waals surface area contributed by atoms with Crippen LogP contribution in [0.4, 0.5) is 5.69 Å². The molecule has 19 heavy (non-hydrogen) atoms. The highest BCUT2D eigenvalue weighted by molar-refractivity contribution is 5.98. The molecule has 1 atom stereocenters. The van der Waals surface area contributed by atoms with Gasteiger partial charge < -0.3 is 14.7 Å². The Kier molecular flexibility index (Phi) is 4.39. The molecule has 0 aliphatic carbocycles. The first kappa shape index (κ1) is 13.8. The van der Waals surface area contributed by atoms with Gasteiger partial charge in [0.2, 0.25) is 5.91 Å². The molecule has 1 aliphatic rings. The highest BCUT2D eigenvalue weighted by Crippen LogP contribution is 2.24. The van der Waals surface area contributed by atoms with Crippen molar-refractivity contribution in [1.82, 2.24) is 4.90 Å². The summed E-state index contributed by atoms with van der Waals surface area (Å²) in [7, 11) is 3.53. The molecule has 1 saturated heterocycles. The quantitative estimate of drug-likeness (QED) is 0.871. The number of aliphatic hydroxyl groups excluding tert-OH is 1. The number of carbonyl (C=O) groups is 1. The van der Waals surface area contributed by atoms with Crippen LogP contribution in [0.5, 0.6) is 5.75 Å². The molecule has 5 nitrogen and oxygen atoms in total. The molecule has 104 valence electrons. The van der Waals surface area contributed by atoms with E-state index in [9.17, 15) is 4.79 Å². The molecule has 0 spiro atoms. The fourth-order valence-corrected chi connectivity index (χ4v) is 2.39. The van der Waals surface area contributed by atoms with E-state index < -0.39 is 0 Å². The van der Waals surface area contributed by atoms with Crippen LogP contribution in [0, 0.1) is 0 Å². The Labute approximate surface area is 113 Å². The number of rotatable bonds is 4. The number of likely N-dealkylation sites (N-methyl/N-ethyl adjacent to an activating group) is 1. The predicted octanol–water partition coefficient (Wildman–Crippen LogP) is 0.725. The number of benzene rings is 1. The van der Waals surface area contributed by atoms with Crippen LogP contribution >= 0.6 is 0 Å². The third-order valence-corrected chi connectivity index (χ3v) is 3.53. The van der Waals surface area contributed by atoms with Crippen LogP contribution < -0.4 is 9.64 Å². The van der Waals surface area contributed by atoms with Gasteiger partial charge in [-0.2, -0.15) is 0 Å². The summed E-state index contributed by atoms with van der Waals surface area (Å²) in [6.45, 7) is 1.48. The van der Waals surface area contributed by atoms with E-state index >= 15 is 0 Å². The molecular weight excluding hydrogens is 244 g/mol. The molecule has 1 amide bonds. The van der Waals surface area contributed by atoms with Gasteiger partial charge in [-0.1, -0.05) is 6.07 Å². The summed E-state index contributed by atoms with van der Waals surface area (Å²) in [5.41, 5.74) is 0.848. The number of piperazine rings is 1. The normalized spacial score (nSPS) is 20.7. The monoisotopic (exact) mass is 264 g/mol. The van der Waals surface area contributed by atoms with Gasteiger partial charge in [0, 0.05) is 31.5 Å². The number of hydrogen-bond donors (Lipinski definition) is 1. The second-order valence-electron chi connectivity index (χ2n) is 4.70. The lowest BCUT2D eigenvalue weighted by Gasteiger charge is -2.38. The maximum absolute atomic E-state index is 12.5. The van der Waals surface area contributed by atoms with Crippen LogP contribution in [0.1, 0.15) is 6.42 Å². The summed E-state index contributed by atoms with van der Waals surface area (Å²) >= 11 is 0. The van der Waals surface area contributed by atoms with Crippen molar-refractivity contribution in [3.8, 4) is 5.75 Å². The maximum Gasteiger partial charge on any atom is 0.244 e. The van der Waals surface area contributed by atoms with Crippen molar-refractivity contribution in [1.29, 1.82) is 0 Å². The highest BCUT2D eigenvalue weighted by atomic mass is 16.5. The zero-order valence-corrected chi connectivity index (χ0v) is 11.4. The number of anilines is 1. The average molecular weight is 264 g/mol. The Morgan fingerprint density at radius 1 is 1.42 bits per heavy atom. The number of hydrogen-bond acceptors (Lipinski definition) is 4. The molecule has 0 saturated carbocycles. The Hall–Kier alpha value is -1.59. The molecule has 1 heterocycles. The van der Waals surface area contributed by atoms with E-state index in [1.54, 1.807) is 12.0 Å². The van der Waals surface area contributed by atoms with Crippen molar-refractivity contribution in [3.63, 3.8) is 0 Å². The molecule has 0 bridgehead atoms. The zero-order valence-electron chi connectivity index (χ0n) is 11.4. The van der Waals surface area contributed by atoms with Crippen molar-refractivity contribution in [2.24, 2.45) is 0 Å². The Bertz CT molecular complexity index is 450. The van der Waals surface area contributed by atoms with Gasteiger partial charge in [0.05, 0.1) is 13.2 Å². The molecule has 1 N–H and O–H groups in total. The van der Waals surface area contributed by atoms with Gasteiger partial charge in [0.15, 0.2) is 0 Å². The second kappa shape index (κ2) is 6.04. The Balaban J connectivity index is 2.21.